The van der Waals surface area contributed by atoms with Crippen molar-refractivity contribution in [1.82, 2.24) is 4.98 Å². The van der Waals surface area contributed by atoms with Crippen LogP contribution in [-0.4, -0.2) is 12.1 Å². The van der Waals surface area contributed by atoms with Crippen LogP contribution in [0, 0.1) is 6.92 Å². The van der Waals surface area contributed by atoms with Crippen LogP contribution in [0.15, 0.2) is 36.7 Å². The molecule has 1 atom stereocenters. The summed E-state index contributed by atoms with van der Waals surface area (Å²) in [5, 5.41) is 0.650. The van der Waals surface area contributed by atoms with Crippen molar-refractivity contribution in [2.75, 3.05) is 7.11 Å². The fourth-order valence-electron chi connectivity index (χ4n) is 1.99. The van der Waals surface area contributed by atoms with Gasteiger partial charge in [-0.15, -0.1) is 0 Å². The lowest BCUT2D eigenvalue weighted by Gasteiger charge is -2.15. The summed E-state index contributed by atoms with van der Waals surface area (Å²) >= 11 is 6.10. The van der Waals surface area contributed by atoms with E-state index >= 15 is 0 Å². The maximum absolute atomic E-state index is 6.23. The first-order valence-electron chi connectivity index (χ1n) is 6.10. The fourth-order valence-corrected chi connectivity index (χ4v) is 2.19. The average Bonchev–Trinajstić information content (AvgIpc) is 2.42. The van der Waals surface area contributed by atoms with Gasteiger partial charge in [0, 0.05) is 18.4 Å². The summed E-state index contributed by atoms with van der Waals surface area (Å²) in [6.45, 7) is 2.01. The summed E-state index contributed by atoms with van der Waals surface area (Å²) in [4.78, 5) is 3.97. The number of hydrogen-bond acceptors (Lipinski definition) is 3. The Morgan fingerprint density at radius 1 is 1.37 bits per heavy atom. The maximum atomic E-state index is 6.23. The summed E-state index contributed by atoms with van der Waals surface area (Å²) in [6.07, 6.45) is 4.04. The number of methoxy groups -OCH3 is 1. The van der Waals surface area contributed by atoms with Gasteiger partial charge in [-0.05, 0) is 42.2 Å². The quantitative estimate of drug-likeness (QED) is 0.932. The zero-order valence-electron chi connectivity index (χ0n) is 11.1. The predicted octanol–water partition coefficient (Wildman–Crippen LogP) is 3.29. The van der Waals surface area contributed by atoms with Gasteiger partial charge in [-0.25, -0.2) is 0 Å². The first-order valence-corrected chi connectivity index (χ1v) is 6.48. The number of ether oxygens (including phenoxy) is 1. The molecule has 100 valence electrons. The minimum Gasteiger partial charge on any atom is -0.496 e. The Morgan fingerprint density at radius 2 is 2.16 bits per heavy atom. The Balaban J connectivity index is 2.20. The lowest BCUT2D eigenvalue weighted by Crippen LogP contribution is -2.14. The summed E-state index contributed by atoms with van der Waals surface area (Å²) in [5.41, 5.74) is 9.37. The van der Waals surface area contributed by atoms with Gasteiger partial charge >= 0.3 is 0 Å². The third-order valence-corrected chi connectivity index (χ3v) is 3.50. The molecule has 0 fully saturated rings. The molecule has 2 rings (SSSR count). The van der Waals surface area contributed by atoms with Crippen LogP contribution >= 0.6 is 11.6 Å². The van der Waals surface area contributed by atoms with Crippen LogP contribution in [-0.2, 0) is 6.42 Å². The van der Waals surface area contributed by atoms with E-state index in [9.17, 15) is 0 Å². The van der Waals surface area contributed by atoms with Crippen molar-refractivity contribution in [2.45, 2.75) is 19.4 Å². The lowest BCUT2D eigenvalue weighted by atomic mass is 9.99. The normalized spacial score (nSPS) is 12.2. The molecule has 1 heterocycles. The first-order chi connectivity index (χ1) is 9.11. The molecule has 2 N–H and O–H groups in total. The summed E-state index contributed by atoms with van der Waals surface area (Å²) < 4.78 is 5.32. The first kappa shape index (κ1) is 13.8. The number of hydrogen-bond donors (Lipinski definition) is 1. The van der Waals surface area contributed by atoms with Crippen molar-refractivity contribution in [3.63, 3.8) is 0 Å². The number of aryl methyl sites for hydroxylation is 1. The number of halogens is 1. The second-order valence-corrected chi connectivity index (χ2v) is 4.91. The summed E-state index contributed by atoms with van der Waals surface area (Å²) in [7, 11) is 1.66. The second-order valence-electron chi connectivity index (χ2n) is 4.51. The molecule has 0 saturated heterocycles. The number of pyridine rings is 1. The monoisotopic (exact) mass is 276 g/mol. The highest BCUT2D eigenvalue weighted by molar-refractivity contribution is 6.31. The van der Waals surface area contributed by atoms with Gasteiger partial charge in [0.1, 0.15) is 5.75 Å². The molecular formula is C15H17ClN2O. The molecule has 0 amide bonds. The number of benzene rings is 1. The van der Waals surface area contributed by atoms with Gasteiger partial charge in [0.2, 0.25) is 0 Å². The zero-order chi connectivity index (χ0) is 13.8. The summed E-state index contributed by atoms with van der Waals surface area (Å²) in [5.74, 6) is 0.855. The van der Waals surface area contributed by atoms with Crippen molar-refractivity contribution >= 4 is 11.6 Å². The topological polar surface area (TPSA) is 48.1 Å². The smallest absolute Gasteiger partial charge is 0.122 e. The molecule has 19 heavy (non-hydrogen) atoms. The van der Waals surface area contributed by atoms with Crippen molar-refractivity contribution < 1.29 is 4.74 Å². The van der Waals surface area contributed by atoms with Crippen molar-refractivity contribution in [3.8, 4) is 5.75 Å². The third-order valence-electron chi connectivity index (χ3n) is 3.16. The molecular weight excluding hydrogens is 260 g/mol. The number of nitrogens with zero attached hydrogens (tertiary/aromatic N) is 1. The van der Waals surface area contributed by atoms with Gasteiger partial charge < -0.3 is 10.5 Å². The van der Waals surface area contributed by atoms with E-state index < -0.39 is 0 Å². The second kappa shape index (κ2) is 6.04. The van der Waals surface area contributed by atoms with E-state index in [1.807, 2.05) is 31.2 Å². The lowest BCUT2D eigenvalue weighted by molar-refractivity contribution is 0.410. The predicted molar refractivity (Wildman–Crippen MR) is 77.6 cm³/mol. The van der Waals surface area contributed by atoms with E-state index in [4.69, 9.17) is 22.1 Å². The van der Waals surface area contributed by atoms with E-state index in [0.717, 1.165) is 22.4 Å². The van der Waals surface area contributed by atoms with Crippen molar-refractivity contribution in [2.24, 2.45) is 5.73 Å². The van der Waals surface area contributed by atoms with Crippen LogP contribution in [0.5, 0.6) is 5.75 Å². The standard InChI is InChI=1S/C15H17ClN2O/c1-10-3-4-12(8-15(10)19-2)14(17)7-11-5-6-18-9-13(11)16/h3-6,8-9,14H,7,17H2,1-2H3. The summed E-state index contributed by atoms with van der Waals surface area (Å²) in [6, 6.07) is 7.80. The number of rotatable bonds is 4. The van der Waals surface area contributed by atoms with Crippen LogP contribution in [0.1, 0.15) is 22.7 Å². The Hall–Kier alpha value is -1.58. The highest BCUT2D eigenvalue weighted by Gasteiger charge is 2.11. The molecule has 0 radical (unpaired) electrons. The van der Waals surface area contributed by atoms with E-state index in [1.54, 1.807) is 19.5 Å². The van der Waals surface area contributed by atoms with Gasteiger partial charge in [-0.2, -0.15) is 0 Å². The van der Waals surface area contributed by atoms with Gasteiger partial charge in [-0.1, -0.05) is 23.7 Å². The minimum atomic E-state index is -0.116. The number of aromatic nitrogens is 1. The third kappa shape index (κ3) is 3.25. The molecule has 0 aliphatic rings. The SMILES string of the molecule is COc1cc(C(N)Cc2ccncc2Cl)ccc1C. The molecule has 0 aliphatic heterocycles. The molecule has 1 unspecified atom stereocenters. The molecule has 1 aromatic heterocycles. The van der Waals surface area contributed by atoms with E-state index in [-0.39, 0.29) is 6.04 Å². The van der Waals surface area contributed by atoms with Crippen LogP contribution in [0.4, 0.5) is 0 Å². The number of nitrogens with two attached hydrogens (primary N) is 1. The van der Waals surface area contributed by atoms with Gasteiger partial charge in [0.05, 0.1) is 12.1 Å². The largest absolute Gasteiger partial charge is 0.496 e. The van der Waals surface area contributed by atoms with E-state index in [2.05, 4.69) is 4.98 Å². The van der Waals surface area contributed by atoms with Crippen LogP contribution < -0.4 is 10.5 Å². The van der Waals surface area contributed by atoms with Crippen molar-refractivity contribution in [1.29, 1.82) is 0 Å². The average molecular weight is 277 g/mol. The Morgan fingerprint density at radius 3 is 2.84 bits per heavy atom. The Labute approximate surface area is 118 Å². The molecule has 2 aromatic rings. The van der Waals surface area contributed by atoms with Crippen LogP contribution in [0.3, 0.4) is 0 Å². The van der Waals surface area contributed by atoms with E-state index in [1.165, 1.54) is 0 Å². The van der Waals surface area contributed by atoms with Gasteiger partial charge in [0.15, 0.2) is 0 Å². The van der Waals surface area contributed by atoms with Crippen molar-refractivity contribution in [3.05, 3.63) is 58.4 Å². The molecule has 1 aromatic carbocycles. The van der Waals surface area contributed by atoms with E-state index in [0.29, 0.717) is 11.4 Å². The molecule has 3 nitrogen and oxygen atoms in total. The van der Waals surface area contributed by atoms with Crippen LogP contribution in [0.2, 0.25) is 5.02 Å². The molecule has 4 heteroatoms. The van der Waals surface area contributed by atoms with Gasteiger partial charge in [-0.3, -0.25) is 4.98 Å². The fraction of sp³-hybridized carbons (Fsp3) is 0.267. The highest BCUT2D eigenvalue weighted by Crippen LogP contribution is 2.25. The molecule has 0 saturated carbocycles. The molecule has 0 bridgehead atoms. The van der Waals surface area contributed by atoms with Gasteiger partial charge in [0.25, 0.3) is 0 Å². The van der Waals surface area contributed by atoms with Crippen LogP contribution in [0.25, 0.3) is 0 Å². The Kier molecular flexibility index (Phi) is 4.40. The minimum absolute atomic E-state index is 0.116. The zero-order valence-corrected chi connectivity index (χ0v) is 11.8. The maximum Gasteiger partial charge on any atom is 0.122 e. The highest BCUT2D eigenvalue weighted by atomic mass is 35.5. The molecule has 0 spiro atoms. The molecule has 0 aliphatic carbocycles. The Bertz CT molecular complexity index is 572.